The van der Waals surface area contributed by atoms with Gasteiger partial charge in [-0.1, -0.05) is 25.1 Å². The number of ether oxygens (including phenoxy) is 4. The van der Waals surface area contributed by atoms with Gasteiger partial charge >= 0.3 is 17.9 Å². The van der Waals surface area contributed by atoms with Gasteiger partial charge in [-0.2, -0.15) is 0 Å². The zero-order chi connectivity index (χ0) is 46.0. The van der Waals surface area contributed by atoms with Crippen LogP contribution in [-0.4, -0.2) is 127 Å². The summed E-state index contributed by atoms with van der Waals surface area (Å²) in [5.74, 6) is -6.08. The molecule has 2 unspecified atom stereocenters. The van der Waals surface area contributed by atoms with Crippen molar-refractivity contribution < 1.29 is 47.2 Å². The van der Waals surface area contributed by atoms with E-state index in [9.17, 15) is 14.7 Å². The van der Waals surface area contributed by atoms with Crippen LogP contribution in [0.4, 0.5) is 14.5 Å². The maximum absolute atomic E-state index is 15.6. The normalized spacial score (nSPS) is 33.5. The van der Waals surface area contributed by atoms with E-state index in [0.717, 1.165) is 40.1 Å². The molecule has 3 fully saturated rings. The quantitative estimate of drug-likeness (QED) is 0.119. The average Bonchev–Trinajstić information content (AvgIpc) is 3.94. The van der Waals surface area contributed by atoms with E-state index in [1.165, 1.54) is 28.3 Å². The van der Waals surface area contributed by atoms with Crippen molar-refractivity contribution in [2.75, 3.05) is 59.5 Å². The first kappa shape index (κ1) is 43.5. The number of nitrogens with one attached hydrogen (secondary N) is 1. The van der Waals surface area contributed by atoms with Crippen molar-refractivity contribution in [1.29, 1.82) is 0 Å². The highest BCUT2D eigenvalue weighted by atomic mass is 19.3. The summed E-state index contributed by atoms with van der Waals surface area (Å²) in [6, 6.07) is 12.5. The number of nitrogens with zero attached hydrogens (tertiary/aromatic N) is 4. The number of halogens is 2. The summed E-state index contributed by atoms with van der Waals surface area (Å²) in [5, 5.41) is 14.2. The topological polar surface area (TPSA) is 147 Å². The number of esters is 3. The molecule has 5 aliphatic heterocycles. The highest BCUT2D eigenvalue weighted by Gasteiger charge is 2.80. The van der Waals surface area contributed by atoms with Crippen LogP contribution < -0.4 is 9.64 Å². The number of aliphatic hydroxyl groups is 1. The van der Waals surface area contributed by atoms with Crippen LogP contribution in [0.2, 0.25) is 0 Å². The molecule has 0 amide bonds. The fraction of sp³-hybridized carbons (Fsp3) is 0.520. The summed E-state index contributed by atoms with van der Waals surface area (Å²) in [5.41, 5.74) is -0.0297. The lowest BCUT2D eigenvalue weighted by Gasteiger charge is -2.63. The molecule has 2 aromatic heterocycles. The second kappa shape index (κ2) is 15.1. The predicted octanol–water partition coefficient (Wildman–Crippen LogP) is 6.14. The zero-order valence-electron chi connectivity index (χ0n) is 38.0. The lowest BCUT2D eigenvalue weighted by molar-refractivity contribution is -0.228. The van der Waals surface area contributed by atoms with Gasteiger partial charge in [0.1, 0.15) is 11.2 Å². The molecule has 10 atom stereocenters. The standard InChI is InChI=1S/C50H57F2N5O8/c1-8-47-14-9-18-57-19-15-48(41(47)57)35-22-36(39(62-5)23-38(35)55(4)42(48)50(61,45(60)64-7)43(47)65-28(2)58)49(44(59)63-6)24-29-20-32(46(3,51)52)26-56(25-29)27-34-33-21-31(30-12-16-53-17-13-30)10-11-37(33)54-40(34)49/h9-14,16-17,21-23,29,32,41-43,54,61H,8,15,18-20,24-27H2,1-7H3/t29-,32?,41+,42-,43-,47-,48-,49+,50+/m1/s1. The van der Waals surface area contributed by atoms with Gasteiger partial charge in [0.25, 0.3) is 0 Å². The molecule has 2 aromatic carbocycles. The number of carbonyl (C=O) groups is 3. The molecular weight excluding hydrogens is 837 g/mol. The van der Waals surface area contributed by atoms with Gasteiger partial charge in [0.05, 0.1) is 27.4 Å². The molecule has 1 aliphatic carbocycles. The first-order valence-electron chi connectivity index (χ1n) is 22.6. The second-order valence-electron chi connectivity index (χ2n) is 19.5. The Morgan fingerprint density at radius 2 is 1.74 bits per heavy atom. The van der Waals surface area contributed by atoms with E-state index in [1.807, 2.05) is 67.4 Å². The van der Waals surface area contributed by atoms with Crippen LogP contribution >= 0.6 is 0 Å². The largest absolute Gasteiger partial charge is 0.496 e. The molecule has 10 rings (SSSR count). The van der Waals surface area contributed by atoms with Crippen molar-refractivity contribution >= 4 is 34.5 Å². The molecule has 2 N–H and O–H groups in total. The van der Waals surface area contributed by atoms with Crippen LogP contribution in [0.3, 0.4) is 0 Å². The van der Waals surface area contributed by atoms with E-state index in [1.54, 1.807) is 12.4 Å². The number of pyridine rings is 1. The third-order valence-corrected chi connectivity index (χ3v) is 16.4. The van der Waals surface area contributed by atoms with Gasteiger partial charge < -0.3 is 33.9 Å². The summed E-state index contributed by atoms with van der Waals surface area (Å²) in [4.78, 5) is 57.2. The van der Waals surface area contributed by atoms with Crippen LogP contribution in [0.5, 0.6) is 5.75 Å². The second-order valence-corrected chi connectivity index (χ2v) is 19.5. The van der Waals surface area contributed by atoms with Gasteiger partial charge in [0.15, 0.2) is 6.10 Å². The summed E-state index contributed by atoms with van der Waals surface area (Å²) in [6.45, 7) is 6.42. The van der Waals surface area contributed by atoms with E-state index >= 15 is 13.6 Å². The lowest BCUT2D eigenvalue weighted by atomic mass is 9.47. The van der Waals surface area contributed by atoms with E-state index in [4.69, 9.17) is 18.9 Å². The maximum Gasteiger partial charge on any atom is 0.344 e. The molecule has 0 radical (unpaired) electrons. The number of methoxy groups -OCH3 is 3. The number of benzene rings is 2. The zero-order valence-corrected chi connectivity index (χ0v) is 38.0. The van der Waals surface area contributed by atoms with Crippen molar-refractivity contribution in [2.45, 2.75) is 93.5 Å². The Kier molecular flexibility index (Phi) is 10.1. The Balaban J connectivity index is 1.27. The number of hydrogen-bond donors (Lipinski definition) is 2. The number of hydrogen-bond acceptors (Lipinski definition) is 12. The number of carbonyl (C=O) groups excluding carboxylic acids is 3. The summed E-state index contributed by atoms with van der Waals surface area (Å²) >= 11 is 0. The Hall–Kier alpha value is -5.38. The molecule has 1 saturated carbocycles. The number of aromatic amines is 1. The molecule has 1 spiro atoms. The maximum atomic E-state index is 15.6. The van der Waals surface area contributed by atoms with Crippen molar-refractivity contribution in [3.63, 3.8) is 0 Å². The molecule has 15 heteroatoms. The van der Waals surface area contributed by atoms with Crippen LogP contribution in [-0.2, 0) is 46.0 Å². The first-order chi connectivity index (χ1) is 31.0. The Labute approximate surface area is 377 Å². The average molecular weight is 894 g/mol. The monoisotopic (exact) mass is 893 g/mol. The van der Waals surface area contributed by atoms with Gasteiger partial charge in [0.2, 0.25) is 11.5 Å². The van der Waals surface area contributed by atoms with Gasteiger partial charge in [-0.15, -0.1) is 0 Å². The number of fused-ring (bicyclic) bond motifs is 6. The highest BCUT2D eigenvalue weighted by molar-refractivity contribution is 5.96. The van der Waals surface area contributed by atoms with E-state index in [-0.39, 0.29) is 31.3 Å². The van der Waals surface area contributed by atoms with Crippen LogP contribution in [0, 0.1) is 17.3 Å². The fourth-order valence-corrected chi connectivity index (χ4v) is 14.0. The SMILES string of the molecule is CC[C@]12C=CCN3CC[C@@]4(c5cc([C@@]6(C(=O)OC)C[C@H]7CC(C(C)(F)F)CN(Cc8c6[nH]c6ccc(-c9ccncc9)cc86)C7)c(OC)cc5N(C)[C@H]4[C@@](O)(C(=O)OC)[C@@H]1OC(C)=O)[C@@H]32. The van der Waals surface area contributed by atoms with Crippen molar-refractivity contribution in [2.24, 2.45) is 17.3 Å². The minimum absolute atomic E-state index is 0.124. The van der Waals surface area contributed by atoms with E-state index < -0.39 is 63.7 Å². The van der Waals surface area contributed by atoms with Gasteiger partial charge in [0, 0.05) is 109 Å². The Bertz CT molecular complexity index is 2630. The van der Waals surface area contributed by atoms with Gasteiger partial charge in [-0.05, 0) is 97.7 Å². The van der Waals surface area contributed by atoms with Crippen LogP contribution in [0.1, 0.15) is 68.8 Å². The van der Waals surface area contributed by atoms with Crippen molar-refractivity contribution in [3.05, 3.63) is 89.4 Å². The fourth-order valence-electron chi connectivity index (χ4n) is 14.0. The van der Waals surface area contributed by atoms with Crippen molar-refractivity contribution in [1.82, 2.24) is 19.8 Å². The molecule has 344 valence electrons. The summed E-state index contributed by atoms with van der Waals surface area (Å²) in [6.07, 6.45) is 7.41. The van der Waals surface area contributed by atoms with E-state index in [0.29, 0.717) is 61.7 Å². The molecule has 65 heavy (non-hydrogen) atoms. The van der Waals surface area contributed by atoms with Crippen LogP contribution in [0.25, 0.3) is 22.0 Å². The minimum Gasteiger partial charge on any atom is -0.496 e. The summed E-state index contributed by atoms with van der Waals surface area (Å²) < 4.78 is 55.0. The number of piperidine rings is 1. The third-order valence-electron chi connectivity index (χ3n) is 16.4. The molecule has 4 aromatic rings. The number of rotatable bonds is 8. The van der Waals surface area contributed by atoms with Crippen LogP contribution in [0.15, 0.2) is 67.0 Å². The Morgan fingerprint density at radius 1 is 0.985 bits per heavy atom. The number of alkyl halides is 2. The smallest absolute Gasteiger partial charge is 0.344 e. The number of anilines is 1. The molecule has 2 saturated heterocycles. The third kappa shape index (κ3) is 5.89. The molecule has 6 aliphatic rings. The van der Waals surface area contributed by atoms with Crippen molar-refractivity contribution in [3.8, 4) is 16.9 Å². The number of H-pyrrole nitrogens is 1. The highest BCUT2D eigenvalue weighted by Crippen LogP contribution is 2.68. The first-order valence-corrected chi connectivity index (χ1v) is 22.6. The number of likely N-dealkylation sites (N-methyl/N-ethyl adjacent to an activating group) is 1. The summed E-state index contributed by atoms with van der Waals surface area (Å²) in [7, 11) is 5.94. The van der Waals surface area contributed by atoms with E-state index in [2.05, 4.69) is 25.8 Å². The minimum atomic E-state index is -2.97. The molecule has 7 heterocycles. The molecule has 13 nitrogen and oxygen atoms in total. The Morgan fingerprint density at radius 3 is 2.42 bits per heavy atom. The lowest BCUT2D eigenvalue weighted by Crippen LogP contribution is -2.81. The number of aromatic nitrogens is 2. The predicted molar refractivity (Wildman–Crippen MR) is 238 cm³/mol. The molecular formula is C50H57F2N5O8. The van der Waals surface area contributed by atoms with Gasteiger partial charge in [-0.25, -0.2) is 13.6 Å². The van der Waals surface area contributed by atoms with Gasteiger partial charge in [-0.3, -0.25) is 24.4 Å². The molecule has 2 bridgehead atoms.